The summed E-state index contributed by atoms with van der Waals surface area (Å²) in [5.74, 6) is 0. The van der Waals surface area contributed by atoms with Crippen LogP contribution in [-0.4, -0.2) is 19.9 Å². The molecule has 88 valence electrons. The maximum absolute atomic E-state index is 12.4. The number of fused-ring (bicyclic) bond motifs is 1. The summed E-state index contributed by atoms with van der Waals surface area (Å²) in [6, 6.07) is 2.14. The first-order valence-electron chi connectivity index (χ1n) is 4.92. The zero-order valence-corrected chi connectivity index (χ0v) is 10.4. The van der Waals surface area contributed by atoms with Gasteiger partial charge in [-0.25, -0.2) is 0 Å². The largest absolute Gasteiger partial charge is 0.370 e. The molecule has 1 unspecified atom stereocenters. The van der Waals surface area contributed by atoms with Crippen molar-refractivity contribution in [2.45, 2.75) is 19.4 Å². The third-order valence-electron chi connectivity index (χ3n) is 2.74. The molecular formula is C10H12FNO2S2. The Morgan fingerprint density at radius 1 is 1.62 bits per heavy atom. The standard InChI is InChI=1S/C10H12FNO2S2/c1-8-9-3-6-15-10(9)2-4-12(8)5-7-16(11,13)14/h3,5-8H,2,4H2,1H3/b7-5+. The lowest BCUT2D eigenvalue weighted by Crippen LogP contribution is -2.28. The molecule has 0 saturated heterocycles. The molecule has 0 spiro atoms. The van der Waals surface area contributed by atoms with E-state index in [9.17, 15) is 12.3 Å². The Morgan fingerprint density at radius 3 is 3.06 bits per heavy atom. The average molecular weight is 261 g/mol. The zero-order valence-electron chi connectivity index (χ0n) is 8.76. The summed E-state index contributed by atoms with van der Waals surface area (Å²) >= 11 is 1.71. The van der Waals surface area contributed by atoms with Gasteiger partial charge in [-0.15, -0.1) is 15.2 Å². The normalized spacial score (nSPS) is 21.4. The van der Waals surface area contributed by atoms with Gasteiger partial charge < -0.3 is 4.90 Å². The van der Waals surface area contributed by atoms with E-state index in [1.165, 1.54) is 16.6 Å². The number of rotatable bonds is 2. The minimum absolute atomic E-state index is 0.105. The van der Waals surface area contributed by atoms with Crippen LogP contribution in [0.2, 0.25) is 0 Å². The predicted molar refractivity (Wildman–Crippen MR) is 62.3 cm³/mol. The highest BCUT2D eigenvalue weighted by atomic mass is 32.3. The van der Waals surface area contributed by atoms with Gasteiger partial charge in [0.25, 0.3) is 0 Å². The summed E-state index contributed by atoms with van der Waals surface area (Å²) in [6.45, 7) is 2.71. The summed E-state index contributed by atoms with van der Waals surface area (Å²) < 4.78 is 33.2. The summed E-state index contributed by atoms with van der Waals surface area (Å²) in [5, 5.41) is 2.64. The van der Waals surface area contributed by atoms with Gasteiger partial charge in [0, 0.05) is 17.6 Å². The molecule has 3 nitrogen and oxygen atoms in total. The smallest absolute Gasteiger partial charge is 0.326 e. The second kappa shape index (κ2) is 4.18. The molecule has 0 amide bonds. The molecule has 1 aromatic rings. The topological polar surface area (TPSA) is 37.4 Å². The fraction of sp³-hybridized carbons (Fsp3) is 0.400. The highest BCUT2D eigenvalue weighted by Gasteiger charge is 2.22. The molecule has 0 fully saturated rings. The summed E-state index contributed by atoms with van der Waals surface area (Å²) in [7, 11) is -4.53. The number of thiophene rings is 1. The Balaban J connectivity index is 2.19. The quantitative estimate of drug-likeness (QED) is 0.767. The van der Waals surface area contributed by atoms with Crippen molar-refractivity contribution in [3.05, 3.63) is 33.5 Å². The lowest BCUT2D eigenvalue weighted by molar-refractivity contribution is 0.285. The molecule has 0 aromatic carbocycles. The van der Waals surface area contributed by atoms with Crippen molar-refractivity contribution in [3.8, 4) is 0 Å². The first kappa shape index (κ1) is 11.6. The molecule has 0 N–H and O–H groups in total. The molecule has 0 aliphatic carbocycles. The lowest BCUT2D eigenvalue weighted by atomic mass is 10.0. The van der Waals surface area contributed by atoms with E-state index in [0.717, 1.165) is 13.0 Å². The van der Waals surface area contributed by atoms with Gasteiger partial charge in [-0.1, -0.05) is 0 Å². The predicted octanol–water partition coefficient (Wildman–Crippen LogP) is 2.44. The Labute approximate surface area is 98.4 Å². The van der Waals surface area contributed by atoms with Crippen LogP contribution < -0.4 is 0 Å². The summed E-state index contributed by atoms with van der Waals surface area (Å²) in [4.78, 5) is 3.17. The highest BCUT2D eigenvalue weighted by Crippen LogP contribution is 2.32. The molecule has 1 aliphatic heterocycles. The molecule has 2 heterocycles. The Kier molecular flexibility index (Phi) is 3.03. The first-order valence-corrected chi connectivity index (χ1v) is 7.25. The Bertz CT molecular complexity index is 507. The van der Waals surface area contributed by atoms with Crippen molar-refractivity contribution in [2.24, 2.45) is 0 Å². The van der Waals surface area contributed by atoms with E-state index in [1.807, 2.05) is 23.3 Å². The number of nitrogens with zero attached hydrogens (tertiary/aromatic N) is 1. The van der Waals surface area contributed by atoms with Crippen LogP contribution in [0.4, 0.5) is 3.89 Å². The number of halogens is 1. The third kappa shape index (κ3) is 2.44. The van der Waals surface area contributed by atoms with E-state index < -0.39 is 10.2 Å². The second-order valence-electron chi connectivity index (χ2n) is 3.72. The second-order valence-corrected chi connectivity index (χ2v) is 5.95. The molecular weight excluding hydrogens is 249 g/mol. The fourth-order valence-corrected chi connectivity index (χ4v) is 3.15. The molecule has 0 radical (unpaired) electrons. The van der Waals surface area contributed by atoms with E-state index in [1.54, 1.807) is 11.3 Å². The van der Waals surface area contributed by atoms with Gasteiger partial charge >= 0.3 is 10.2 Å². The Hall–Kier alpha value is -0.880. The molecule has 1 aromatic heterocycles. The molecule has 2 rings (SSSR count). The van der Waals surface area contributed by atoms with Gasteiger partial charge in [0.2, 0.25) is 0 Å². The molecule has 1 atom stereocenters. The SMILES string of the molecule is CC1c2ccsc2CCN1/C=C/S(=O)(=O)F. The lowest BCUT2D eigenvalue weighted by Gasteiger charge is -2.32. The van der Waals surface area contributed by atoms with Crippen LogP contribution in [0, 0.1) is 0 Å². The van der Waals surface area contributed by atoms with Gasteiger partial charge in [0.15, 0.2) is 0 Å². The molecule has 16 heavy (non-hydrogen) atoms. The van der Waals surface area contributed by atoms with E-state index in [0.29, 0.717) is 5.41 Å². The van der Waals surface area contributed by atoms with Crippen LogP contribution in [0.25, 0.3) is 0 Å². The van der Waals surface area contributed by atoms with Crippen LogP contribution in [0.3, 0.4) is 0 Å². The minimum Gasteiger partial charge on any atom is -0.370 e. The molecule has 0 bridgehead atoms. The first-order chi connectivity index (χ1) is 7.47. The van der Waals surface area contributed by atoms with E-state index in [2.05, 4.69) is 0 Å². The van der Waals surface area contributed by atoms with Gasteiger partial charge in [-0.3, -0.25) is 0 Å². The van der Waals surface area contributed by atoms with Crippen molar-refractivity contribution in [1.29, 1.82) is 0 Å². The van der Waals surface area contributed by atoms with Crippen molar-refractivity contribution < 1.29 is 12.3 Å². The third-order valence-corrected chi connectivity index (χ3v) is 4.18. The van der Waals surface area contributed by atoms with Gasteiger partial charge in [0.05, 0.1) is 11.4 Å². The highest BCUT2D eigenvalue weighted by molar-refractivity contribution is 7.89. The van der Waals surface area contributed by atoms with Crippen molar-refractivity contribution in [1.82, 2.24) is 4.90 Å². The zero-order chi connectivity index (χ0) is 11.8. The monoisotopic (exact) mass is 261 g/mol. The van der Waals surface area contributed by atoms with Crippen molar-refractivity contribution >= 4 is 21.6 Å². The van der Waals surface area contributed by atoms with E-state index in [4.69, 9.17) is 0 Å². The maximum Gasteiger partial charge on any atom is 0.326 e. The van der Waals surface area contributed by atoms with E-state index in [-0.39, 0.29) is 6.04 Å². The van der Waals surface area contributed by atoms with Gasteiger partial charge in [-0.05, 0) is 30.4 Å². The maximum atomic E-state index is 12.4. The fourth-order valence-electron chi connectivity index (χ4n) is 1.88. The van der Waals surface area contributed by atoms with Crippen LogP contribution in [-0.2, 0) is 16.6 Å². The number of hydrogen-bond acceptors (Lipinski definition) is 4. The van der Waals surface area contributed by atoms with E-state index >= 15 is 0 Å². The van der Waals surface area contributed by atoms with Crippen LogP contribution in [0.15, 0.2) is 23.1 Å². The number of hydrogen-bond donors (Lipinski definition) is 0. The Morgan fingerprint density at radius 2 is 2.38 bits per heavy atom. The van der Waals surface area contributed by atoms with Crippen molar-refractivity contribution in [2.75, 3.05) is 6.54 Å². The minimum atomic E-state index is -4.53. The van der Waals surface area contributed by atoms with Crippen LogP contribution in [0.1, 0.15) is 23.4 Å². The average Bonchev–Trinajstić information content (AvgIpc) is 2.64. The van der Waals surface area contributed by atoms with Crippen LogP contribution in [0.5, 0.6) is 0 Å². The van der Waals surface area contributed by atoms with Gasteiger partial charge in [0.1, 0.15) is 0 Å². The molecule has 1 aliphatic rings. The van der Waals surface area contributed by atoms with Crippen molar-refractivity contribution in [3.63, 3.8) is 0 Å². The molecule has 0 saturated carbocycles. The van der Waals surface area contributed by atoms with Gasteiger partial charge in [-0.2, -0.15) is 8.42 Å². The summed E-state index contributed by atoms with van der Waals surface area (Å²) in [6.07, 6.45) is 2.20. The summed E-state index contributed by atoms with van der Waals surface area (Å²) in [5.41, 5.74) is 1.21. The van der Waals surface area contributed by atoms with Crippen LogP contribution >= 0.6 is 11.3 Å². The molecule has 6 heteroatoms.